The Morgan fingerprint density at radius 1 is 1.33 bits per heavy atom. The van der Waals surface area contributed by atoms with Crippen molar-refractivity contribution in [2.45, 2.75) is 45.6 Å². The largest absolute Gasteiger partial charge is 0.465 e. The first-order chi connectivity index (χ1) is 8.31. The Kier molecular flexibility index (Phi) is 5.17. The zero-order chi connectivity index (χ0) is 13.8. The molecule has 1 saturated carbocycles. The maximum atomic E-state index is 12.2. The first-order valence-corrected chi connectivity index (χ1v) is 6.88. The molecule has 4 heteroatoms. The van der Waals surface area contributed by atoms with E-state index in [2.05, 4.69) is 24.1 Å². The first-order valence-electron chi connectivity index (χ1n) is 6.88. The van der Waals surface area contributed by atoms with Gasteiger partial charge in [-0.1, -0.05) is 13.8 Å². The van der Waals surface area contributed by atoms with E-state index in [0.29, 0.717) is 6.61 Å². The summed E-state index contributed by atoms with van der Waals surface area (Å²) in [5.41, 5.74) is -0.243. The number of hydrogen-bond acceptors (Lipinski definition) is 4. The van der Waals surface area contributed by atoms with Crippen molar-refractivity contribution in [3.8, 4) is 0 Å². The van der Waals surface area contributed by atoms with Crippen molar-refractivity contribution in [2.75, 3.05) is 33.8 Å². The van der Waals surface area contributed by atoms with Gasteiger partial charge in [0, 0.05) is 13.1 Å². The van der Waals surface area contributed by atoms with Crippen molar-refractivity contribution >= 4 is 5.97 Å². The van der Waals surface area contributed by atoms with Crippen LogP contribution >= 0.6 is 0 Å². The molecule has 0 aliphatic heterocycles. The van der Waals surface area contributed by atoms with E-state index < -0.39 is 5.54 Å². The van der Waals surface area contributed by atoms with E-state index in [1.54, 1.807) is 0 Å². The van der Waals surface area contributed by atoms with E-state index in [4.69, 9.17) is 4.74 Å². The SMILES string of the molecule is CCOC(=O)C1(NCCN(C)C)CCC(C)(C)C1. The maximum absolute atomic E-state index is 12.2. The van der Waals surface area contributed by atoms with Gasteiger partial charge in [-0.15, -0.1) is 0 Å². The fourth-order valence-corrected chi connectivity index (χ4v) is 2.73. The van der Waals surface area contributed by atoms with Crippen LogP contribution in [0.1, 0.15) is 40.0 Å². The van der Waals surface area contributed by atoms with Crippen LogP contribution in [0.15, 0.2) is 0 Å². The number of esters is 1. The molecule has 1 unspecified atom stereocenters. The predicted molar refractivity (Wildman–Crippen MR) is 73.6 cm³/mol. The van der Waals surface area contributed by atoms with E-state index >= 15 is 0 Å². The van der Waals surface area contributed by atoms with E-state index in [1.165, 1.54) is 0 Å². The van der Waals surface area contributed by atoms with E-state index in [9.17, 15) is 4.79 Å². The fourth-order valence-electron chi connectivity index (χ4n) is 2.73. The minimum Gasteiger partial charge on any atom is -0.465 e. The molecule has 1 aliphatic carbocycles. The molecule has 18 heavy (non-hydrogen) atoms. The summed E-state index contributed by atoms with van der Waals surface area (Å²) < 4.78 is 5.26. The summed E-state index contributed by atoms with van der Waals surface area (Å²) in [6.45, 7) is 8.52. The molecule has 1 N–H and O–H groups in total. The third kappa shape index (κ3) is 3.95. The van der Waals surface area contributed by atoms with Gasteiger partial charge in [0.1, 0.15) is 5.54 Å². The van der Waals surface area contributed by atoms with Gasteiger partial charge >= 0.3 is 5.97 Å². The summed E-state index contributed by atoms with van der Waals surface area (Å²) in [6.07, 6.45) is 2.82. The van der Waals surface area contributed by atoms with Gasteiger partial charge < -0.3 is 15.0 Å². The Labute approximate surface area is 111 Å². The number of nitrogens with one attached hydrogen (secondary N) is 1. The van der Waals surface area contributed by atoms with Gasteiger partial charge in [0.2, 0.25) is 0 Å². The van der Waals surface area contributed by atoms with Gasteiger partial charge in [0.25, 0.3) is 0 Å². The third-order valence-electron chi connectivity index (χ3n) is 3.70. The first kappa shape index (κ1) is 15.4. The molecule has 0 aromatic heterocycles. The number of carbonyl (C=O) groups excluding carboxylic acids is 1. The number of ether oxygens (including phenoxy) is 1. The Bertz CT molecular complexity index is 290. The van der Waals surface area contributed by atoms with E-state index in [0.717, 1.165) is 32.4 Å². The van der Waals surface area contributed by atoms with Crippen LogP contribution in [0.5, 0.6) is 0 Å². The van der Waals surface area contributed by atoms with Crippen LogP contribution in [-0.4, -0.2) is 50.2 Å². The summed E-state index contributed by atoms with van der Waals surface area (Å²) in [5, 5.41) is 3.45. The molecular formula is C14H28N2O2. The van der Waals surface area contributed by atoms with Gasteiger partial charge in [0.05, 0.1) is 6.61 Å². The second kappa shape index (κ2) is 6.02. The Hall–Kier alpha value is -0.610. The summed E-state index contributed by atoms with van der Waals surface area (Å²) in [7, 11) is 4.08. The molecule has 1 atom stereocenters. The minimum absolute atomic E-state index is 0.0747. The Morgan fingerprint density at radius 2 is 2.00 bits per heavy atom. The molecule has 4 nitrogen and oxygen atoms in total. The second-order valence-corrected chi connectivity index (χ2v) is 6.37. The smallest absolute Gasteiger partial charge is 0.326 e. The van der Waals surface area contributed by atoms with Gasteiger partial charge in [-0.3, -0.25) is 4.79 Å². The molecule has 0 amide bonds. The topological polar surface area (TPSA) is 41.6 Å². The lowest BCUT2D eigenvalue weighted by atomic mass is 9.87. The zero-order valence-corrected chi connectivity index (χ0v) is 12.5. The molecule has 0 saturated heterocycles. The second-order valence-electron chi connectivity index (χ2n) is 6.37. The van der Waals surface area contributed by atoms with E-state index in [1.807, 2.05) is 21.0 Å². The molecule has 0 aromatic carbocycles. The van der Waals surface area contributed by atoms with Crippen LogP contribution in [0, 0.1) is 5.41 Å². The summed E-state index contributed by atoms with van der Waals surface area (Å²) in [6, 6.07) is 0. The number of hydrogen-bond donors (Lipinski definition) is 1. The molecule has 1 fully saturated rings. The third-order valence-corrected chi connectivity index (χ3v) is 3.70. The highest BCUT2D eigenvalue weighted by Gasteiger charge is 2.49. The fraction of sp³-hybridized carbons (Fsp3) is 0.929. The minimum atomic E-state index is -0.463. The van der Waals surface area contributed by atoms with Gasteiger partial charge in [-0.2, -0.15) is 0 Å². The maximum Gasteiger partial charge on any atom is 0.326 e. The van der Waals surface area contributed by atoms with Gasteiger partial charge in [0.15, 0.2) is 0 Å². The molecule has 0 heterocycles. The lowest BCUT2D eigenvalue weighted by molar-refractivity contribution is -0.151. The van der Waals surface area contributed by atoms with Crippen molar-refractivity contribution in [2.24, 2.45) is 5.41 Å². The van der Waals surface area contributed by atoms with Crippen molar-refractivity contribution in [3.63, 3.8) is 0 Å². The molecule has 1 rings (SSSR count). The van der Waals surface area contributed by atoms with Gasteiger partial charge in [-0.25, -0.2) is 0 Å². The Balaban J connectivity index is 2.67. The Morgan fingerprint density at radius 3 is 2.44 bits per heavy atom. The van der Waals surface area contributed by atoms with Crippen LogP contribution in [-0.2, 0) is 9.53 Å². The molecular weight excluding hydrogens is 228 g/mol. The highest BCUT2D eigenvalue weighted by atomic mass is 16.5. The average Bonchev–Trinajstić information content (AvgIpc) is 2.55. The molecule has 0 spiro atoms. The predicted octanol–water partition coefficient (Wildman–Crippen LogP) is 1.65. The average molecular weight is 256 g/mol. The lowest BCUT2D eigenvalue weighted by Crippen LogP contribution is -2.53. The number of carbonyl (C=O) groups is 1. The van der Waals surface area contributed by atoms with Crippen LogP contribution in [0.2, 0.25) is 0 Å². The highest BCUT2D eigenvalue weighted by molar-refractivity contribution is 5.81. The molecule has 106 valence electrons. The number of nitrogens with zero attached hydrogens (tertiary/aromatic N) is 1. The lowest BCUT2D eigenvalue weighted by Gasteiger charge is -2.30. The molecule has 0 radical (unpaired) electrons. The van der Waals surface area contributed by atoms with Crippen molar-refractivity contribution in [3.05, 3.63) is 0 Å². The normalized spacial score (nSPS) is 26.6. The van der Waals surface area contributed by atoms with Crippen molar-refractivity contribution in [1.82, 2.24) is 10.2 Å². The van der Waals surface area contributed by atoms with E-state index in [-0.39, 0.29) is 11.4 Å². The van der Waals surface area contributed by atoms with Crippen LogP contribution in [0.4, 0.5) is 0 Å². The van der Waals surface area contributed by atoms with Crippen LogP contribution in [0.25, 0.3) is 0 Å². The summed E-state index contributed by atoms with van der Waals surface area (Å²) in [5.74, 6) is -0.0747. The van der Waals surface area contributed by atoms with Crippen molar-refractivity contribution in [1.29, 1.82) is 0 Å². The molecule has 1 aliphatic rings. The highest BCUT2D eigenvalue weighted by Crippen LogP contribution is 2.44. The molecule has 0 bridgehead atoms. The summed E-state index contributed by atoms with van der Waals surface area (Å²) >= 11 is 0. The molecule has 0 aromatic rings. The number of rotatable bonds is 6. The van der Waals surface area contributed by atoms with Crippen LogP contribution < -0.4 is 5.32 Å². The van der Waals surface area contributed by atoms with Gasteiger partial charge in [-0.05, 0) is 45.7 Å². The number of likely N-dealkylation sites (N-methyl/N-ethyl adjacent to an activating group) is 1. The standard InChI is InChI=1S/C14H28N2O2/c1-6-18-12(17)14(15-9-10-16(4)5)8-7-13(2,3)11-14/h15H,6-11H2,1-5H3. The van der Waals surface area contributed by atoms with Crippen LogP contribution in [0.3, 0.4) is 0 Å². The summed E-state index contributed by atoms with van der Waals surface area (Å²) in [4.78, 5) is 14.3. The van der Waals surface area contributed by atoms with Crippen molar-refractivity contribution < 1.29 is 9.53 Å². The monoisotopic (exact) mass is 256 g/mol. The quantitative estimate of drug-likeness (QED) is 0.734. The zero-order valence-electron chi connectivity index (χ0n) is 12.5.